The van der Waals surface area contributed by atoms with Crippen LogP contribution in [-0.4, -0.2) is 0 Å². The van der Waals surface area contributed by atoms with Crippen molar-refractivity contribution >= 4 is 44.6 Å². The molecule has 2 heteroatoms. The SMILES string of the molecule is CC1(C)c2ccccc2-c2ccc(N(c3ccc(-c4cccc5c4oc4ccccc45)cc3)c3cc(-c4ccccc4)cc(-c4cccc5c4-c4ccccc4C54C5=C(C=CCC5)c5ccccc54)c3)cc21. The Morgan fingerprint density at radius 1 is 0.403 bits per heavy atom. The molecule has 0 aliphatic heterocycles. The van der Waals surface area contributed by atoms with Gasteiger partial charge in [0.2, 0.25) is 0 Å². The second-order valence-electron chi connectivity index (χ2n) is 20.6. The Morgan fingerprint density at radius 3 is 1.88 bits per heavy atom. The first-order valence-electron chi connectivity index (χ1n) is 25.5. The molecule has 15 rings (SSSR count). The zero-order valence-electron chi connectivity index (χ0n) is 40.3. The molecule has 2 nitrogen and oxygen atoms in total. The Hall–Kier alpha value is -8.72. The van der Waals surface area contributed by atoms with Crippen molar-refractivity contribution in [2.45, 2.75) is 37.5 Å². The number of benzene rings is 10. The molecule has 0 saturated heterocycles. The summed E-state index contributed by atoms with van der Waals surface area (Å²) in [6.45, 7) is 4.75. The smallest absolute Gasteiger partial charge is 0.143 e. The maximum atomic E-state index is 6.57. The van der Waals surface area contributed by atoms with Gasteiger partial charge in [0.25, 0.3) is 0 Å². The number of anilines is 3. The molecule has 4 aliphatic rings. The Labute approximate surface area is 420 Å². The maximum Gasteiger partial charge on any atom is 0.143 e. The van der Waals surface area contributed by atoms with Crippen molar-refractivity contribution in [2.75, 3.05) is 4.90 Å². The fourth-order valence-electron chi connectivity index (χ4n) is 13.4. The van der Waals surface area contributed by atoms with Crippen molar-refractivity contribution in [1.29, 1.82) is 0 Å². The van der Waals surface area contributed by atoms with E-state index in [1.165, 1.54) is 89.0 Å². The normalized spacial score (nSPS) is 16.4. The van der Waals surface area contributed by atoms with Gasteiger partial charge in [-0.3, -0.25) is 0 Å². The number of nitrogens with zero attached hydrogens (tertiary/aromatic N) is 1. The molecule has 0 bridgehead atoms. The number of hydrogen-bond donors (Lipinski definition) is 0. The minimum atomic E-state index is -0.353. The Bertz CT molecular complexity index is 4130. The van der Waals surface area contributed by atoms with Gasteiger partial charge in [0, 0.05) is 38.8 Å². The molecule has 1 heterocycles. The van der Waals surface area contributed by atoms with E-state index in [9.17, 15) is 0 Å². The minimum absolute atomic E-state index is 0.171. The second kappa shape index (κ2) is 15.4. The molecule has 0 amide bonds. The highest BCUT2D eigenvalue weighted by Crippen LogP contribution is 2.65. The van der Waals surface area contributed by atoms with Gasteiger partial charge >= 0.3 is 0 Å². The van der Waals surface area contributed by atoms with Gasteiger partial charge in [-0.2, -0.15) is 0 Å². The predicted octanol–water partition coefficient (Wildman–Crippen LogP) is 18.8. The number of allylic oxidation sites excluding steroid dienone is 4. The highest BCUT2D eigenvalue weighted by Gasteiger charge is 2.53. The minimum Gasteiger partial charge on any atom is -0.455 e. The molecule has 1 atom stereocenters. The van der Waals surface area contributed by atoms with Gasteiger partial charge in [-0.1, -0.05) is 202 Å². The highest BCUT2D eigenvalue weighted by atomic mass is 16.3. The van der Waals surface area contributed by atoms with Crippen LogP contribution in [0.3, 0.4) is 0 Å². The first kappa shape index (κ1) is 41.1. The van der Waals surface area contributed by atoms with E-state index in [0.29, 0.717) is 0 Å². The van der Waals surface area contributed by atoms with Gasteiger partial charge in [-0.15, -0.1) is 0 Å². The van der Waals surface area contributed by atoms with Crippen LogP contribution in [0.25, 0.3) is 83.1 Å². The lowest BCUT2D eigenvalue weighted by Crippen LogP contribution is -2.27. The van der Waals surface area contributed by atoms with Crippen molar-refractivity contribution in [3.05, 3.63) is 276 Å². The van der Waals surface area contributed by atoms with Crippen LogP contribution in [0.5, 0.6) is 0 Å². The van der Waals surface area contributed by atoms with Crippen LogP contribution in [0, 0.1) is 0 Å². The molecule has 1 aromatic heterocycles. The second-order valence-corrected chi connectivity index (χ2v) is 20.6. The van der Waals surface area contributed by atoms with Gasteiger partial charge in [0.15, 0.2) is 0 Å². The number of para-hydroxylation sites is 2. The lowest BCUT2D eigenvalue weighted by molar-refractivity contribution is 0.660. The van der Waals surface area contributed by atoms with Crippen LogP contribution in [0.4, 0.5) is 17.1 Å². The Kier molecular flexibility index (Phi) is 8.78. The molecule has 0 saturated carbocycles. The maximum absolute atomic E-state index is 6.57. The van der Waals surface area contributed by atoms with Gasteiger partial charge in [-0.05, 0) is 156 Å². The summed E-state index contributed by atoms with van der Waals surface area (Å²) in [5.74, 6) is 0. The summed E-state index contributed by atoms with van der Waals surface area (Å²) in [5.41, 5.74) is 28.0. The fraction of sp³-hybridized carbons (Fsp3) is 0.0857. The van der Waals surface area contributed by atoms with E-state index in [4.69, 9.17) is 4.42 Å². The molecule has 0 fully saturated rings. The van der Waals surface area contributed by atoms with Crippen molar-refractivity contribution in [3.8, 4) is 55.6 Å². The molecule has 4 aliphatic carbocycles. The van der Waals surface area contributed by atoms with E-state index < -0.39 is 0 Å². The van der Waals surface area contributed by atoms with Crippen molar-refractivity contribution < 1.29 is 4.42 Å². The molecule has 0 radical (unpaired) electrons. The largest absolute Gasteiger partial charge is 0.455 e. The Morgan fingerprint density at radius 2 is 1.03 bits per heavy atom. The molecule has 340 valence electrons. The number of rotatable bonds is 6. The molecule has 1 unspecified atom stereocenters. The van der Waals surface area contributed by atoms with Gasteiger partial charge in [0.05, 0.1) is 5.41 Å². The number of fused-ring (bicyclic) bond motifs is 15. The lowest BCUT2D eigenvalue weighted by Gasteiger charge is -2.33. The lowest BCUT2D eigenvalue weighted by atomic mass is 9.68. The summed E-state index contributed by atoms with van der Waals surface area (Å²) in [6, 6.07) is 83.8. The Balaban J connectivity index is 0.959. The topological polar surface area (TPSA) is 16.4 Å². The van der Waals surface area contributed by atoms with Crippen molar-refractivity contribution in [3.63, 3.8) is 0 Å². The fourth-order valence-corrected chi connectivity index (χ4v) is 13.4. The summed E-state index contributed by atoms with van der Waals surface area (Å²) in [5, 5.41) is 2.27. The van der Waals surface area contributed by atoms with Gasteiger partial charge < -0.3 is 9.32 Å². The summed E-state index contributed by atoms with van der Waals surface area (Å²) in [4.78, 5) is 2.48. The standard InChI is InChI=1S/C70H49NO/c1-69(2)60-28-11-6-20-53(60)56-39-38-49(43-65(56)69)71(48-36-34-45(35-37-48)52-26-16-27-58-57-23-10-15-33-66(57)72-68(52)58)50-41-46(44-18-4-3-5-19-44)40-47(42-50)51-25-17-32-64-67(51)59-24-9-14-31-63(59)70(64)61-29-12-7-21-54(61)55-22-8-13-30-62(55)70/h3-12,14-29,31-43H,13,30H2,1-2H3. The van der Waals surface area contributed by atoms with E-state index in [0.717, 1.165) is 63.0 Å². The van der Waals surface area contributed by atoms with Crippen LogP contribution in [0.1, 0.15) is 60.1 Å². The van der Waals surface area contributed by atoms with Crippen LogP contribution in [-0.2, 0) is 10.8 Å². The highest BCUT2D eigenvalue weighted by molar-refractivity contribution is 6.10. The zero-order chi connectivity index (χ0) is 47.7. The third kappa shape index (κ3) is 5.72. The third-order valence-electron chi connectivity index (χ3n) is 16.6. The molecule has 1 spiro atoms. The summed E-state index contributed by atoms with van der Waals surface area (Å²) in [7, 11) is 0. The third-order valence-corrected chi connectivity index (χ3v) is 16.6. The number of furan rings is 1. The summed E-state index contributed by atoms with van der Waals surface area (Å²) >= 11 is 0. The van der Waals surface area contributed by atoms with Crippen LogP contribution < -0.4 is 4.90 Å². The van der Waals surface area contributed by atoms with E-state index in [1.807, 2.05) is 6.07 Å². The number of hydrogen-bond acceptors (Lipinski definition) is 2. The predicted molar refractivity (Wildman–Crippen MR) is 299 cm³/mol. The first-order valence-corrected chi connectivity index (χ1v) is 25.5. The van der Waals surface area contributed by atoms with Crippen molar-refractivity contribution in [1.82, 2.24) is 0 Å². The van der Waals surface area contributed by atoms with Crippen molar-refractivity contribution in [2.24, 2.45) is 0 Å². The van der Waals surface area contributed by atoms with Crippen LogP contribution in [0.15, 0.2) is 247 Å². The van der Waals surface area contributed by atoms with E-state index >= 15 is 0 Å². The average Bonchev–Trinajstić information content (AvgIpc) is 4.13. The summed E-state index contributed by atoms with van der Waals surface area (Å²) in [6.07, 6.45) is 6.85. The van der Waals surface area contributed by atoms with Gasteiger partial charge in [0.1, 0.15) is 11.2 Å². The van der Waals surface area contributed by atoms with E-state index in [2.05, 4.69) is 249 Å². The zero-order valence-corrected chi connectivity index (χ0v) is 40.3. The monoisotopic (exact) mass is 919 g/mol. The molecular weight excluding hydrogens is 871 g/mol. The molecule has 72 heavy (non-hydrogen) atoms. The van der Waals surface area contributed by atoms with E-state index in [-0.39, 0.29) is 10.8 Å². The average molecular weight is 920 g/mol. The van der Waals surface area contributed by atoms with E-state index in [1.54, 1.807) is 0 Å². The molecular formula is C70H49NO. The molecule has 11 aromatic rings. The van der Waals surface area contributed by atoms with Crippen LogP contribution in [0.2, 0.25) is 0 Å². The van der Waals surface area contributed by atoms with Crippen LogP contribution >= 0.6 is 0 Å². The quantitative estimate of drug-likeness (QED) is 0.165. The van der Waals surface area contributed by atoms with Gasteiger partial charge in [-0.25, -0.2) is 0 Å². The molecule has 0 N–H and O–H groups in total. The first-order chi connectivity index (χ1) is 35.5. The summed E-state index contributed by atoms with van der Waals surface area (Å²) < 4.78 is 6.57. The molecule has 10 aromatic carbocycles.